The lowest BCUT2D eigenvalue weighted by Gasteiger charge is -2.19. The Hall–Kier alpha value is -1.88. The molecule has 0 saturated carbocycles. The number of ether oxygens (including phenoxy) is 1. The fourth-order valence-corrected chi connectivity index (χ4v) is 1.42. The molecule has 104 valence electrons. The molecule has 0 spiro atoms. The summed E-state index contributed by atoms with van der Waals surface area (Å²) in [7, 11) is 0. The number of nitrogens with two attached hydrogens (primary N) is 1. The predicted molar refractivity (Wildman–Crippen MR) is 72.5 cm³/mol. The van der Waals surface area contributed by atoms with Gasteiger partial charge in [-0.3, -0.25) is 9.59 Å². The molecule has 0 aliphatic carbocycles. The normalized spacial score (nSPS) is 10.9. The SMILES string of the molecule is CC(C)(C)OC(=O)CNC(=O)c1ccc(CN)cc1. The van der Waals surface area contributed by atoms with Crippen LogP contribution in [-0.2, 0) is 16.1 Å². The van der Waals surface area contributed by atoms with E-state index in [-0.39, 0.29) is 12.5 Å². The Morgan fingerprint density at radius 2 is 1.79 bits per heavy atom. The Kier molecular flexibility index (Phi) is 5.06. The Balaban J connectivity index is 2.49. The molecule has 0 aliphatic rings. The van der Waals surface area contributed by atoms with E-state index in [1.165, 1.54) is 0 Å². The quantitative estimate of drug-likeness (QED) is 0.801. The third-order valence-corrected chi connectivity index (χ3v) is 2.27. The first-order valence-electron chi connectivity index (χ1n) is 6.11. The zero-order chi connectivity index (χ0) is 14.5. The second-order valence-corrected chi connectivity index (χ2v) is 5.17. The lowest BCUT2D eigenvalue weighted by Crippen LogP contribution is -2.34. The summed E-state index contributed by atoms with van der Waals surface area (Å²) in [6, 6.07) is 6.91. The van der Waals surface area contributed by atoms with Crippen molar-refractivity contribution in [1.29, 1.82) is 0 Å². The maximum atomic E-state index is 11.8. The number of hydrogen-bond acceptors (Lipinski definition) is 4. The molecule has 0 fully saturated rings. The summed E-state index contributed by atoms with van der Waals surface area (Å²) in [5.41, 5.74) is 6.36. The third kappa shape index (κ3) is 5.52. The van der Waals surface area contributed by atoms with Gasteiger partial charge in [0.1, 0.15) is 12.1 Å². The second-order valence-electron chi connectivity index (χ2n) is 5.17. The molecule has 1 aromatic rings. The van der Waals surface area contributed by atoms with Crippen molar-refractivity contribution < 1.29 is 14.3 Å². The largest absolute Gasteiger partial charge is 0.459 e. The zero-order valence-corrected chi connectivity index (χ0v) is 11.5. The van der Waals surface area contributed by atoms with Gasteiger partial charge in [0.25, 0.3) is 5.91 Å². The fourth-order valence-electron chi connectivity index (χ4n) is 1.42. The van der Waals surface area contributed by atoms with Crippen LogP contribution >= 0.6 is 0 Å². The van der Waals surface area contributed by atoms with Crippen molar-refractivity contribution in [3.8, 4) is 0 Å². The van der Waals surface area contributed by atoms with Crippen molar-refractivity contribution in [2.75, 3.05) is 6.54 Å². The summed E-state index contributed by atoms with van der Waals surface area (Å²) in [6.07, 6.45) is 0. The Bertz CT molecular complexity index is 447. The second kappa shape index (κ2) is 6.33. The summed E-state index contributed by atoms with van der Waals surface area (Å²) < 4.78 is 5.09. The minimum absolute atomic E-state index is 0.144. The van der Waals surface area contributed by atoms with Crippen LogP contribution in [0.2, 0.25) is 0 Å². The smallest absolute Gasteiger partial charge is 0.325 e. The number of benzene rings is 1. The number of hydrogen-bond donors (Lipinski definition) is 2. The Morgan fingerprint density at radius 1 is 1.21 bits per heavy atom. The highest BCUT2D eigenvalue weighted by molar-refractivity contribution is 5.95. The van der Waals surface area contributed by atoms with Gasteiger partial charge in [0.05, 0.1) is 0 Å². The van der Waals surface area contributed by atoms with Gasteiger partial charge in [-0.05, 0) is 38.5 Å². The van der Waals surface area contributed by atoms with Crippen LogP contribution in [0, 0.1) is 0 Å². The molecule has 0 aliphatic heterocycles. The average Bonchev–Trinajstić information content (AvgIpc) is 2.34. The molecule has 1 rings (SSSR count). The van der Waals surface area contributed by atoms with E-state index >= 15 is 0 Å². The van der Waals surface area contributed by atoms with Gasteiger partial charge < -0.3 is 15.8 Å². The van der Waals surface area contributed by atoms with E-state index in [0.29, 0.717) is 12.1 Å². The first-order chi connectivity index (χ1) is 8.81. The first kappa shape index (κ1) is 15.2. The van der Waals surface area contributed by atoms with Gasteiger partial charge in [-0.15, -0.1) is 0 Å². The van der Waals surface area contributed by atoms with Gasteiger partial charge in [-0.25, -0.2) is 0 Å². The van der Waals surface area contributed by atoms with Crippen LogP contribution in [0.3, 0.4) is 0 Å². The average molecular weight is 264 g/mol. The summed E-state index contributed by atoms with van der Waals surface area (Å²) in [6.45, 7) is 5.61. The number of amides is 1. The highest BCUT2D eigenvalue weighted by Crippen LogP contribution is 2.07. The van der Waals surface area contributed by atoms with E-state index in [4.69, 9.17) is 10.5 Å². The molecule has 0 bridgehead atoms. The summed E-state index contributed by atoms with van der Waals surface area (Å²) in [5.74, 6) is -0.770. The topological polar surface area (TPSA) is 81.4 Å². The van der Waals surface area contributed by atoms with Crippen molar-refractivity contribution in [3.05, 3.63) is 35.4 Å². The molecular weight excluding hydrogens is 244 g/mol. The molecule has 0 unspecified atom stereocenters. The standard InChI is InChI=1S/C14H20N2O3/c1-14(2,3)19-12(17)9-16-13(18)11-6-4-10(8-15)5-7-11/h4-7H,8-9,15H2,1-3H3,(H,16,18). The zero-order valence-electron chi connectivity index (χ0n) is 11.5. The van der Waals surface area contributed by atoms with Crippen molar-refractivity contribution >= 4 is 11.9 Å². The first-order valence-corrected chi connectivity index (χ1v) is 6.11. The highest BCUT2D eigenvalue weighted by atomic mass is 16.6. The van der Waals surface area contributed by atoms with Crippen LogP contribution in [0.25, 0.3) is 0 Å². The van der Waals surface area contributed by atoms with Crippen LogP contribution < -0.4 is 11.1 Å². The molecule has 1 aromatic carbocycles. The van der Waals surface area contributed by atoms with E-state index < -0.39 is 11.6 Å². The van der Waals surface area contributed by atoms with Gasteiger partial charge >= 0.3 is 5.97 Å². The van der Waals surface area contributed by atoms with Crippen LogP contribution in [-0.4, -0.2) is 24.0 Å². The molecule has 19 heavy (non-hydrogen) atoms. The van der Waals surface area contributed by atoms with Crippen molar-refractivity contribution in [3.63, 3.8) is 0 Å². The fraction of sp³-hybridized carbons (Fsp3) is 0.429. The molecule has 0 aromatic heterocycles. The van der Waals surface area contributed by atoms with Gasteiger partial charge in [0.2, 0.25) is 0 Å². The Labute approximate surface area is 113 Å². The minimum atomic E-state index is -0.551. The van der Waals surface area contributed by atoms with Crippen molar-refractivity contribution in [2.45, 2.75) is 32.9 Å². The lowest BCUT2D eigenvalue weighted by molar-refractivity contribution is -0.153. The molecular formula is C14H20N2O3. The van der Waals surface area contributed by atoms with Crippen LogP contribution in [0.15, 0.2) is 24.3 Å². The summed E-state index contributed by atoms with van der Waals surface area (Å²) >= 11 is 0. The van der Waals surface area contributed by atoms with E-state index in [1.807, 2.05) is 0 Å². The number of carbonyl (C=O) groups is 2. The summed E-state index contributed by atoms with van der Waals surface area (Å²) in [5, 5.41) is 2.51. The van der Waals surface area contributed by atoms with Crippen molar-refractivity contribution in [1.82, 2.24) is 5.32 Å². The van der Waals surface area contributed by atoms with Crippen molar-refractivity contribution in [2.24, 2.45) is 5.73 Å². The molecule has 1 amide bonds. The van der Waals surface area contributed by atoms with Gasteiger partial charge in [-0.2, -0.15) is 0 Å². The highest BCUT2D eigenvalue weighted by Gasteiger charge is 2.16. The molecule has 0 atom stereocenters. The molecule has 0 saturated heterocycles. The molecule has 3 N–H and O–H groups in total. The van der Waals surface area contributed by atoms with Gasteiger partial charge in [-0.1, -0.05) is 12.1 Å². The molecule has 0 heterocycles. The number of carbonyl (C=O) groups excluding carboxylic acids is 2. The monoisotopic (exact) mass is 264 g/mol. The lowest BCUT2D eigenvalue weighted by atomic mass is 10.1. The summed E-state index contributed by atoms with van der Waals surface area (Å²) in [4.78, 5) is 23.2. The van der Waals surface area contributed by atoms with E-state index in [2.05, 4.69) is 5.32 Å². The van der Waals surface area contributed by atoms with Gasteiger partial charge in [0, 0.05) is 12.1 Å². The van der Waals surface area contributed by atoms with Crippen LogP contribution in [0.1, 0.15) is 36.7 Å². The minimum Gasteiger partial charge on any atom is -0.459 e. The van der Waals surface area contributed by atoms with Crippen LogP contribution in [0.4, 0.5) is 0 Å². The molecule has 0 radical (unpaired) electrons. The maximum absolute atomic E-state index is 11.8. The van der Waals surface area contributed by atoms with E-state index in [0.717, 1.165) is 5.56 Å². The Morgan fingerprint density at radius 3 is 2.26 bits per heavy atom. The van der Waals surface area contributed by atoms with E-state index in [9.17, 15) is 9.59 Å². The third-order valence-electron chi connectivity index (χ3n) is 2.27. The predicted octanol–water partition coefficient (Wildman–Crippen LogP) is 1.22. The number of esters is 1. The maximum Gasteiger partial charge on any atom is 0.325 e. The molecule has 5 nitrogen and oxygen atoms in total. The number of rotatable bonds is 4. The molecule has 5 heteroatoms. The van der Waals surface area contributed by atoms with Crippen LogP contribution in [0.5, 0.6) is 0 Å². The van der Waals surface area contributed by atoms with E-state index in [1.54, 1.807) is 45.0 Å². The van der Waals surface area contributed by atoms with Gasteiger partial charge in [0.15, 0.2) is 0 Å². The number of nitrogens with one attached hydrogen (secondary N) is 1.